The number of hydrogen-bond donors (Lipinski definition) is 0. The van der Waals surface area contributed by atoms with Gasteiger partial charge in [-0.05, 0) is 25.5 Å². The van der Waals surface area contributed by atoms with E-state index in [1.165, 1.54) is 0 Å². The number of allylic oxidation sites excluding steroid dienone is 1. The van der Waals surface area contributed by atoms with Crippen LogP contribution in [-0.2, 0) is 11.2 Å². The van der Waals surface area contributed by atoms with Crippen LogP contribution in [0.4, 0.5) is 0 Å². The Morgan fingerprint density at radius 3 is 2.78 bits per heavy atom. The van der Waals surface area contributed by atoms with Crippen LogP contribution in [0.2, 0.25) is 5.02 Å². The van der Waals surface area contributed by atoms with Crippen LogP contribution in [-0.4, -0.2) is 26.1 Å². The van der Waals surface area contributed by atoms with E-state index in [-0.39, 0.29) is 0 Å². The average Bonchev–Trinajstić information content (AvgIpc) is 2.36. The second-order valence-corrected chi connectivity index (χ2v) is 4.08. The van der Waals surface area contributed by atoms with Crippen LogP contribution in [0.1, 0.15) is 22.8 Å². The van der Waals surface area contributed by atoms with E-state index < -0.39 is 0 Å². The van der Waals surface area contributed by atoms with Crippen LogP contribution in [0.25, 0.3) is 0 Å². The average molecular weight is 269 g/mol. The second-order valence-electron chi connectivity index (χ2n) is 3.64. The van der Waals surface area contributed by atoms with E-state index in [4.69, 9.17) is 21.1 Å². The predicted octanol–water partition coefficient (Wildman–Crippen LogP) is 3.30. The van der Waals surface area contributed by atoms with Crippen molar-refractivity contribution in [1.29, 1.82) is 0 Å². The molecule has 98 valence electrons. The SMILES string of the molecule is C=CCc1cc(Cl)cc(C=O)c1OCCOCC. The number of ether oxygens (including phenoxy) is 2. The molecule has 0 atom stereocenters. The Bertz CT molecular complexity index is 416. The summed E-state index contributed by atoms with van der Waals surface area (Å²) in [7, 11) is 0. The lowest BCUT2D eigenvalue weighted by atomic mass is 10.1. The molecule has 0 radical (unpaired) electrons. The van der Waals surface area contributed by atoms with Gasteiger partial charge in [0.15, 0.2) is 6.29 Å². The molecule has 0 amide bonds. The third-order valence-electron chi connectivity index (χ3n) is 2.33. The molecule has 0 spiro atoms. The van der Waals surface area contributed by atoms with Gasteiger partial charge in [-0.2, -0.15) is 0 Å². The third kappa shape index (κ3) is 4.17. The third-order valence-corrected chi connectivity index (χ3v) is 2.55. The fourth-order valence-electron chi connectivity index (χ4n) is 1.59. The summed E-state index contributed by atoms with van der Waals surface area (Å²) in [6, 6.07) is 3.38. The number of rotatable bonds is 8. The topological polar surface area (TPSA) is 35.5 Å². The maximum Gasteiger partial charge on any atom is 0.153 e. The molecule has 0 aromatic heterocycles. The first kappa shape index (κ1) is 14.7. The largest absolute Gasteiger partial charge is 0.490 e. The molecule has 0 heterocycles. The zero-order valence-electron chi connectivity index (χ0n) is 10.4. The van der Waals surface area contributed by atoms with E-state index in [9.17, 15) is 4.79 Å². The summed E-state index contributed by atoms with van der Waals surface area (Å²) in [5.41, 5.74) is 1.31. The van der Waals surface area contributed by atoms with Gasteiger partial charge >= 0.3 is 0 Å². The number of hydrogen-bond acceptors (Lipinski definition) is 3. The number of carbonyl (C=O) groups excluding carboxylic acids is 1. The zero-order chi connectivity index (χ0) is 13.4. The summed E-state index contributed by atoms with van der Waals surface area (Å²) in [6.45, 7) is 7.14. The van der Waals surface area contributed by atoms with Crippen LogP contribution in [0, 0.1) is 0 Å². The van der Waals surface area contributed by atoms with E-state index in [1.807, 2.05) is 6.92 Å². The number of halogens is 1. The van der Waals surface area contributed by atoms with Crippen molar-refractivity contribution in [2.75, 3.05) is 19.8 Å². The first-order chi connectivity index (χ1) is 8.72. The highest BCUT2D eigenvalue weighted by Crippen LogP contribution is 2.28. The summed E-state index contributed by atoms with van der Waals surface area (Å²) in [5.74, 6) is 0.564. The van der Waals surface area contributed by atoms with Crippen molar-refractivity contribution in [2.24, 2.45) is 0 Å². The first-order valence-electron chi connectivity index (χ1n) is 5.82. The summed E-state index contributed by atoms with van der Waals surface area (Å²) < 4.78 is 10.8. The minimum atomic E-state index is 0.403. The lowest BCUT2D eigenvalue weighted by molar-refractivity contribution is 0.106. The van der Waals surface area contributed by atoms with Gasteiger partial charge in [0.2, 0.25) is 0 Å². The number of benzene rings is 1. The van der Waals surface area contributed by atoms with E-state index in [2.05, 4.69) is 6.58 Å². The van der Waals surface area contributed by atoms with Crippen molar-refractivity contribution >= 4 is 17.9 Å². The Balaban J connectivity index is 2.90. The van der Waals surface area contributed by atoms with Crippen molar-refractivity contribution in [1.82, 2.24) is 0 Å². The highest BCUT2D eigenvalue weighted by atomic mass is 35.5. The molecular formula is C14H17ClO3. The molecule has 0 bridgehead atoms. The molecule has 18 heavy (non-hydrogen) atoms. The summed E-state index contributed by atoms with van der Waals surface area (Å²) in [4.78, 5) is 11.0. The molecule has 3 nitrogen and oxygen atoms in total. The fraction of sp³-hybridized carbons (Fsp3) is 0.357. The van der Waals surface area contributed by atoms with Crippen LogP contribution in [0.3, 0.4) is 0 Å². The molecule has 1 aromatic rings. The normalized spacial score (nSPS) is 10.1. The summed E-state index contributed by atoms with van der Waals surface area (Å²) >= 11 is 5.95. The molecule has 0 fully saturated rings. The highest BCUT2D eigenvalue weighted by molar-refractivity contribution is 6.31. The van der Waals surface area contributed by atoms with Crippen molar-refractivity contribution in [3.8, 4) is 5.75 Å². The zero-order valence-corrected chi connectivity index (χ0v) is 11.2. The molecule has 0 saturated carbocycles. The minimum absolute atomic E-state index is 0.403. The maximum absolute atomic E-state index is 11.0. The van der Waals surface area contributed by atoms with Crippen molar-refractivity contribution in [3.05, 3.63) is 40.9 Å². The van der Waals surface area contributed by atoms with Gasteiger partial charge in [-0.25, -0.2) is 0 Å². The van der Waals surface area contributed by atoms with Crippen LogP contribution in [0.15, 0.2) is 24.8 Å². The standard InChI is InChI=1S/C14H17ClO3/c1-3-5-11-8-13(15)9-12(10-16)14(11)18-7-6-17-4-2/h3,8-10H,1,4-7H2,2H3. The van der Waals surface area contributed by atoms with Crippen LogP contribution < -0.4 is 4.74 Å². The number of carbonyl (C=O) groups is 1. The lowest BCUT2D eigenvalue weighted by Crippen LogP contribution is -2.09. The molecule has 0 saturated heterocycles. The van der Waals surface area contributed by atoms with Crippen molar-refractivity contribution in [3.63, 3.8) is 0 Å². The van der Waals surface area contributed by atoms with Gasteiger partial charge < -0.3 is 9.47 Å². The quantitative estimate of drug-likeness (QED) is 0.412. The molecule has 0 aliphatic rings. The molecule has 1 rings (SSSR count). The summed E-state index contributed by atoms with van der Waals surface area (Å²) in [5, 5.41) is 0.520. The smallest absolute Gasteiger partial charge is 0.153 e. The van der Waals surface area contributed by atoms with Crippen molar-refractivity contribution in [2.45, 2.75) is 13.3 Å². The van der Waals surface area contributed by atoms with Gasteiger partial charge in [-0.15, -0.1) is 6.58 Å². The molecular weight excluding hydrogens is 252 g/mol. The Hall–Kier alpha value is -1.32. The highest BCUT2D eigenvalue weighted by Gasteiger charge is 2.10. The van der Waals surface area contributed by atoms with Crippen LogP contribution >= 0.6 is 11.6 Å². The van der Waals surface area contributed by atoms with E-state index in [0.29, 0.717) is 42.6 Å². The lowest BCUT2D eigenvalue weighted by Gasteiger charge is -2.13. The van der Waals surface area contributed by atoms with E-state index in [1.54, 1.807) is 18.2 Å². The van der Waals surface area contributed by atoms with Gasteiger partial charge in [0, 0.05) is 17.2 Å². The van der Waals surface area contributed by atoms with Gasteiger partial charge in [0.25, 0.3) is 0 Å². The van der Waals surface area contributed by atoms with E-state index >= 15 is 0 Å². The minimum Gasteiger partial charge on any atom is -0.490 e. The Kier molecular flexibility index (Phi) is 6.47. The Morgan fingerprint density at radius 1 is 1.39 bits per heavy atom. The van der Waals surface area contributed by atoms with Gasteiger partial charge in [0.05, 0.1) is 12.2 Å². The molecule has 1 aromatic carbocycles. The maximum atomic E-state index is 11.0. The second kappa shape index (κ2) is 7.90. The fourth-order valence-corrected chi connectivity index (χ4v) is 1.84. The molecule has 4 heteroatoms. The molecule has 0 aliphatic heterocycles. The van der Waals surface area contributed by atoms with Gasteiger partial charge in [-0.1, -0.05) is 17.7 Å². The van der Waals surface area contributed by atoms with E-state index in [0.717, 1.165) is 11.8 Å². The number of aldehydes is 1. The van der Waals surface area contributed by atoms with Gasteiger partial charge in [-0.3, -0.25) is 4.79 Å². The Labute approximate surface area is 112 Å². The Morgan fingerprint density at radius 2 is 2.17 bits per heavy atom. The summed E-state index contributed by atoms with van der Waals surface area (Å²) in [6.07, 6.45) is 3.09. The monoisotopic (exact) mass is 268 g/mol. The molecule has 0 unspecified atom stereocenters. The van der Waals surface area contributed by atoms with Gasteiger partial charge in [0.1, 0.15) is 12.4 Å². The predicted molar refractivity (Wildman–Crippen MR) is 72.7 cm³/mol. The molecule has 0 aliphatic carbocycles. The van der Waals surface area contributed by atoms with Crippen molar-refractivity contribution < 1.29 is 14.3 Å². The molecule has 0 N–H and O–H groups in total. The first-order valence-corrected chi connectivity index (χ1v) is 6.19. The van der Waals surface area contributed by atoms with Crippen LogP contribution in [0.5, 0.6) is 5.75 Å².